The van der Waals surface area contributed by atoms with Crippen LogP contribution >= 0.6 is 0 Å². The first-order valence-electron chi connectivity index (χ1n) is 7.08. The Morgan fingerprint density at radius 1 is 1.21 bits per heavy atom. The predicted octanol–water partition coefficient (Wildman–Crippen LogP) is 3.26. The molecular formula is C16H20N2O. The van der Waals surface area contributed by atoms with E-state index in [2.05, 4.69) is 11.1 Å². The minimum Gasteiger partial charge on any atom is -0.493 e. The molecule has 1 saturated carbocycles. The number of para-hydroxylation sites is 1. The third kappa shape index (κ3) is 2.71. The van der Waals surface area contributed by atoms with Crippen molar-refractivity contribution in [3.8, 4) is 5.75 Å². The van der Waals surface area contributed by atoms with Gasteiger partial charge in [0.25, 0.3) is 0 Å². The number of fused-ring (bicyclic) bond motifs is 1. The van der Waals surface area contributed by atoms with Crippen LogP contribution in [0, 0.1) is 5.92 Å². The van der Waals surface area contributed by atoms with Crippen LogP contribution in [0.25, 0.3) is 10.9 Å². The van der Waals surface area contributed by atoms with Gasteiger partial charge in [-0.1, -0.05) is 25.0 Å². The molecule has 1 aliphatic carbocycles. The maximum absolute atomic E-state index is 6.05. The summed E-state index contributed by atoms with van der Waals surface area (Å²) in [5.74, 6) is 1.64. The SMILES string of the molecule is NCc1cc(OCC2CCCC2)c2ccccc2n1. The van der Waals surface area contributed by atoms with Crippen LogP contribution in [0.3, 0.4) is 0 Å². The van der Waals surface area contributed by atoms with Crippen LogP contribution in [0.2, 0.25) is 0 Å². The molecule has 1 aromatic heterocycles. The monoisotopic (exact) mass is 256 g/mol. The molecule has 0 bridgehead atoms. The Labute approximate surface area is 113 Å². The highest BCUT2D eigenvalue weighted by atomic mass is 16.5. The fourth-order valence-electron chi connectivity index (χ4n) is 2.80. The fraction of sp³-hybridized carbons (Fsp3) is 0.438. The highest BCUT2D eigenvalue weighted by Crippen LogP contribution is 2.29. The summed E-state index contributed by atoms with van der Waals surface area (Å²) in [4.78, 5) is 4.53. The minimum atomic E-state index is 0.449. The molecule has 0 amide bonds. The van der Waals surface area contributed by atoms with Gasteiger partial charge in [0.05, 0.1) is 17.8 Å². The van der Waals surface area contributed by atoms with Crippen LogP contribution in [0.4, 0.5) is 0 Å². The Hall–Kier alpha value is -1.61. The Bertz CT molecular complexity index is 562. The average Bonchev–Trinajstić information content (AvgIpc) is 2.97. The summed E-state index contributed by atoms with van der Waals surface area (Å²) in [6.45, 7) is 1.27. The van der Waals surface area contributed by atoms with Gasteiger partial charge in [-0.2, -0.15) is 0 Å². The Morgan fingerprint density at radius 2 is 2.00 bits per heavy atom. The van der Waals surface area contributed by atoms with Gasteiger partial charge in [-0.3, -0.25) is 4.98 Å². The van der Waals surface area contributed by atoms with E-state index < -0.39 is 0 Å². The normalized spacial score (nSPS) is 16.1. The van der Waals surface area contributed by atoms with Gasteiger partial charge in [-0.05, 0) is 30.9 Å². The molecule has 3 rings (SSSR count). The zero-order chi connectivity index (χ0) is 13.1. The molecule has 0 saturated heterocycles. The van der Waals surface area contributed by atoms with Crippen molar-refractivity contribution in [1.29, 1.82) is 0 Å². The lowest BCUT2D eigenvalue weighted by atomic mass is 10.1. The average molecular weight is 256 g/mol. The van der Waals surface area contributed by atoms with Gasteiger partial charge < -0.3 is 10.5 Å². The smallest absolute Gasteiger partial charge is 0.130 e. The molecule has 0 unspecified atom stereocenters. The first-order chi connectivity index (χ1) is 9.36. The molecule has 0 radical (unpaired) electrons. The molecule has 2 aromatic rings. The Kier molecular flexibility index (Phi) is 3.65. The maximum Gasteiger partial charge on any atom is 0.130 e. The van der Waals surface area contributed by atoms with Gasteiger partial charge in [-0.15, -0.1) is 0 Å². The third-order valence-electron chi connectivity index (χ3n) is 3.89. The molecule has 1 fully saturated rings. The first-order valence-corrected chi connectivity index (χ1v) is 7.08. The lowest BCUT2D eigenvalue weighted by Gasteiger charge is -2.14. The van der Waals surface area contributed by atoms with Crippen molar-refractivity contribution in [2.24, 2.45) is 11.7 Å². The van der Waals surface area contributed by atoms with E-state index in [0.717, 1.165) is 29.0 Å². The van der Waals surface area contributed by atoms with Crippen molar-refractivity contribution in [1.82, 2.24) is 4.98 Å². The molecule has 3 heteroatoms. The predicted molar refractivity (Wildman–Crippen MR) is 77.1 cm³/mol. The largest absolute Gasteiger partial charge is 0.493 e. The maximum atomic E-state index is 6.05. The number of aromatic nitrogens is 1. The van der Waals surface area contributed by atoms with E-state index in [0.29, 0.717) is 12.5 Å². The standard InChI is InChI=1S/C16H20N2O/c17-10-13-9-16(19-11-12-5-1-2-6-12)14-7-3-4-8-15(14)18-13/h3-4,7-9,12H,1-2,5-6,10-11,17H2. The summed E-state index contributed by atoms with van der Waals surface area (Å²) in [6.07, 6.45) is 5.29. The molecule has 1 aliphatic rings. The Balaban J connectivity index is 1.87. The van der Waals surface area contributed by atoms with Crippen LogP contribution in [0.15, 0.2) is 30.3 Å². The van der Waals surface area contributed by atoms with Gasteiger partial charge in [0.2, 0.25) is 0 Å². The third-order valence-corrected chi connectivity index (χ3v) is 3.89. The second-order valence-corrected chi connectivity index (χ2v) is 5.29. The van der Waals surface area contributed by atoms with Gasteiger partial charge >= 0.3 is 0 Å². The van der Waals surface area contributed by atoms with E-state index in [1.54, 1.807) is 0 Å². The molecule has 0 spiro atoms. The fourth-order valence-corrected chi connectivity index (χ4v) is 2.80. The molecule has 2 N–H and O–H groups in total. The van der Waals surface area contributed by atoms with E-state index in [4.69, 9.17) is 10.5 Å². The summed E-state index contributed by atoms with van der Waals surface area (Å²) < 4.78 is 6.05. The number of pyridine rings is 1. The van der Waals surface area contributed by atoms with Crippen molar-refractivity contribution in [3.05, 3.63) is 36.0 Å². The number of benzene rings is 1. The second kappa shape index (κ2) is 5.57. The van der Waals surface area contributed by atoms with E-state index >= 15 is 0 Å². The molecule has 3 nitrogen and oxygen atoms in total. The van der Waals surface area contributed by atoms with E-state index in [-0.39, 0.29) is 0 Å². The van der Waals surface area contributed by atoms with Crippen LogP contribution in [-0.4, -0.2) is 11.6 Å². The zero-order valence-corrected chi connectivity index (χ0v) is 11.1. The Morgan fingerprint density at radius 3 is 2.79 bits per heavy atom. The first kappa shape index (κ1) is 12.4. The lowest BCUT2D eigenvalue weighted by molar-refractivity contribution is 0.254. The molecule has 19 heavy (non-hydrogen) atoms. The molecule has 1 heterocycles. The van der Waals surface area contributed by atoms with Crippen molar-refractivity contribution in [2.75, 3.05) is 6.61 Å². The highest BCUT2D eigenvalue weighted by molar-refractivity contribution is 5.85. The number of nitrogens with zero attached hydrogens (tertiary/aromatic N) is 1. The number of ether oxygens (including phenoxy) is 1. The second-order valence-electron chi connectivity index (χ2n) is 5.29. The zero-order valence-electron chi connectivity index (χ0n) is 11.1. The van der Waals surface area contributed by atoms with Crippen LogP contribution in [-0.2, 0) is 6.54 Å². The van der Waals surface area contributed by atoms with Gasteiger partial charge in [0, 0.05) is 18.0 Å². The topological polar surface area (TPSA) is 48.1 Å². The van der Waals surface area contributed by atoms with Crippen LogP contribution < -0.4 is 10.5 Å². The van der Waals surface area contributed by atoms with E-state index in [9.17, 15) is 0 Å². The van der Waals surface area contributed by atoms with Crippen LogP contribution in [0.5, 0.6) is 5.75 Å². The van der Waals surface area contributed by atoms with E-state index in [1.165, 1.54) is 25.7 Å². The molecule has 1 aromatic carbocycles. The lowest BCUT2D eigenvalue weighted by Crippen LogP contribution is -2.09. The van der Waals surface area contributed by atoms with Crippen molar-refractivity contribution in [3.63, 3.8) is 0 Å². The number of hydrogen-bond acceptors (Lipinski definition) is 3. The summed E-state index contributed by atoms with van der Waals surface area (Å²) >= 11 is 0. The van der Waals surface area contributed by atoms with Gasteiger partial charge in [-0.25, -0.2) is 0 Å². The molecule has 0 aliphatic heterocycles. The molecule has 0 atom stereocenters. The van der Waals surface area contributed by atoms with Crippen molar-refractivity contribution in [2.45, 2.75) is 32.2 Å². The van der Waals surface area contributed by atoms with Gasteiger partial charge in [0.15, 0.2) is 0 Å². The van der Waals surface area contributed by atoms with E-state index in [1.807, 2.05) is 24.3 Å². The minimum absolute atomic E-state index is 0.449. The van der Waals surface area contributed by atoms with Crippen molar-refractivity contribution >= 4 is 10.9 Å². The number of nitrogens with two attached hydrogens (primary N) is 1. The van der Waals surface area contributed by atoms with Gasteiger partial charge in [0.1, 0.15) is 5.75 Å². The number of rotatable bonds is 4. The quantitative estimate of drug-likeness (QED) is 0.913. The summed E-state index contributed by atoms with van der Waals surface area (Å²) in [6, 6.07) is 10.1. The molecule has 100 valence electrons. The van der Waals surface area contributed by atoms with Crippen molar-refractivity contribution < 1.29 is 4.74 Å². The van der Waals surface area contributed by atoms with Crippen LogP contribution in [0.1, 0.15) is 31.4 Å². The number of hydrogen-bond donors (Lipinski definition) is 1. The summed E-state index contributed by atoms with van der Waals surface area (Å²) in [5, 5.41) is 1.08. The molecular weight excluding hydrogens is 236 g/mol. The summed E-state index contributed by atoms with van der Waals surface area (Å²) in [5.41, 5.74) is 7.56. The highest BCUT2D eigenvalue weighted by Gasteiger charge is 2.16. The summed E-state index contributed by atoms with van der Waals surface area (Å²) in [7, 11) is 0.